The third-order valence-corrected chi connectivity index (χ3v) is 1.28. The van der Waals surface area contributed by atoms with Crippen molar-refractivity contribution < 1.29 is 9.52 Å². The van der Waals surface area contributed by atoms with Crippen molar-refractivity contribution in [1.29, 1.82) is 0 Å². The third-order valence-electron chi connectivity index (χ3n) is 1.28. The Morgan fingerprint density at radius 3 is 2.82 bits per heavy atom. The van der Waals surface area contributed by atoms with Gasteiger partial charge in [-0.25, -0.2) is 4.79 Å². The Morgan fingerprint density at radius 1 is 1.82 bits per heavy atom. The number of aliphatic hydroxyl groups excluding tert-OH is 1. The average Bonchev–Trinajstić information content (AvgIpc) is 2.09. The van der Waals surface area contributed by atoms with Crippen molar-refractivity contribution in [2.45, 2.75) is 26.5 Å². The largest absolute Gasteiger partial charge is 0.419 e. The maximum Gasteiger partial charge on any atom is 0.419 e. The zero-order valence-electron chi connectivity index (χ0n) is 6.57. The molecule has 0 aromatic carbocycles. The molecule has 0 fully saturated rings. The molecule has 4 heteroatoms. The summed E-state index contributed by atoms with van der Waals surface area (Å²) in [6, 6.07) is 0. The molecule has 0 amide bonds. The smallest absolute Gasteiger partial charge is 0.413 e. The summed E-state index contributed by atoms with van der Waals surface area (Å²) in [6.07, 6.45) is 1.05. The van der Waals surface area contributed by atoms with E-state index in [-0.39, 0.29) is 6.54 Å². The van der Waals surface area contributed by atoms with Gasteiger partial charge in [-0.05, 0) is 13.8 Å². The topological polar surface area (TPSA) is 55.4 Å². The molecule has 1 atom stereocenters. The van der Waals surface area contributed by atoms with Crippen LogP contribution in [-0.2, 0) is 6.54 Å². The number of aromatic nitrogens is 1. The van der Waals surface area contributed by atoms with Crippen LogP contribution in [0.25, 0.3) is 0 Å². The Labute approximate surface area is 64.1 Å². The lowest BCUT2D eigenvalue weighted by Crippen LogP contribution is -2.20. The van der Waals surface area contributed by atoms with Crippen LogP contribution in [0, 0.1) is 6.92 Å². The van der Waals surface area contributed by atoms with Gasteiger partial charge in [0.1, 0.15) is 5.76 Å². The zero-order chi connectivity index (χ0) is 8.43. The molecule has 0 aliphatic heterocycles. The number of nitrogens with zero attached hydrogens (tertiary/aromatic N) is 1. The maximum absolute atomic E-state index is 10.9. The number of aliphatic hydroxyl groups is 1. The molecule has 4 nitrogen and oxygen atoms in total. The van der Waals surface area contributed by atoms with Gasteiger partial charge in [0.2, 0.25) is 0 Å². The highest BCUT2D eigenvalue weighted by Crippen LogP contribution is 1.93. The predicted octanol–water partition coefficient (Wildman–Crippen LogP) is 0.131. The molecule has 0 aliphatic rings. The SMILES string of the molecule is Cc1cn(CC(C)O)c(=O)o1. The summed E-state index contributed by atoms with van der Waals surface area (Å²) in [5.74, 6) is 0.152. The fraction of sp³-hybridized carbons (Fsp3) is 0.571. The van der Waals surface area contributed by atoms with Crippen molar-refractivity contribution in [2.24, 2.45) is 0 Å². The van der Waals surface area contributed by atoms with Crippen molar-refractivity contribution in [3.63, 3.8) is 0 Å². The molecule has 62 valence electrons. The summed E-state index contributed by atoms with van der Waals surface area (Å²) < 4.78 is 6.06. The first kappa shape index (κ1) is 8.07. The second-order valence-corrected chi connectivity index (χ2v) is 2.61. The molecule has 1 unspecified atom stereocenters. The Hall–Kier alpha value is -1.03. The molecule has 11 heavy (non-hydrogen) atoms. The van der Waals surface area contributed by atoms with Gasteiger partial charge in [-0.15, -0.1) is 0 Å². The van der Waals surface area contributed by atoms with Gasteiger partial charge in [-0.3, -0.25) is 4.57 Å². The van der Waals surface area contributed by atoms with Crippen LogP contribution in [-0.4, -0.2) is 15.8 Å². The maximum atomic E-state index is 10.9. The molecular weight excluding hydrogens is 146 g/mol. The van der Waals surface area contributed by atoms with Gasteiger partial charge in [0.25, 0.3) is 0 Å². The van der Waals surface area contributed by atoms with Gasteiger partial charge in [0.15, 0.2) is 0 Å². The Kier molecular flexibility index (Phi) is 2.14. The van der Waals surface area contributed by atoms with Gasteiger partial charge in [-0.2, -0.15) is 0 Å². The Morgan fingerprint density at radius 2 is 2.45 bits per heavy atom. The molecule has 1 aromatic rings. The molecule has 1 aromatic heterocycles. The van der Waals surface area contributed by atoms with E-state index in [1.807, 2.05) is 0 Å². The van der Waals surface area contributed by atoms with E-state index in [1.54, 1.807) is 20.0 Å². The quantitative estimate of drug-likeness (QED) is 0.663. The lowest BCUT2D eigenvalue weighted by atomic mass is 10.4. The van der Waals surface area contributed by atoms with Crippen LogP contribution in [0.3, 0.4) is 0 Å². The molecule has 0 aliphatic carbocycles. The van der Waals surface area contributed by atoms with E-state index in [0.29, 0.717) is 5.76 Å². The lowest BCUT2D eigenvalue weighted by Gasteiger charge is -2.00. The number of hydrogen-bond donors (Lipinski definition) is 1. The van der Waals surface area contributed by atoms with Crippen LogP contribution >= 0.6 is 0 Å². The van der Waals surface area contributed by atoms with E-state index in [0.717, 1.165) is 0 Å². The summed E-state index contributed by atoms with van der Waals surface area (Å²) in [4.78, 5) is 10.9. The number of aryl methyl sites for hydroxylation is 1. The number of hydrogen-bond acceptors (Lipinski definition) is 3. The minimum absolute atomic E-state index is 0.288. The van der Waals surface area contributed by atoms with Gasteiger partial charge in [-0.1, -0.05) is 0 Å². The molecule has 1 N–H and O–H groups in total. The molecule has 1 rings (SSSR count). The van der Waals surface area contributed by atoms with Crippen LogP contribution in [0.15, 0.2) is 15.4 Å². The number of rotatable bonds is 2. The standard InChI is InChI=1S/C7H11NO3/c1-5(9)3-8-4-6(2)11-7(8)10/h4-5,9H,3H2,1-2H3. The van der Waals surface area contributed by atoms with E-state index < -0.39 is 11.9 Å². The summed E-state index contributed by atoms with van der Waals surface area (Å²) in [5.41, 5.74) is 0. The minimum Gasteiger partial charge on any atom is -0.413 e. The Balaban J connectivity index is 2.86. The van der Waals surface area contributed by atoms with Crippen LogP contribution in [0.1, 0.15) is 12.7 Å². The van der Waals surface area contributed by atoms with Gasteiger partial charge in [0.05, 0.1) is 12.6 Å². The predicted molar refractivity (Wildman–Crippen MR) is 39.4 cm³/mol. The van der Waals surface area contributed by atoms with Gasteiger partial charge >= 0.3 is 5.76 Å². The first-order chi connectivity index (χ1) is 5.09. The molecule has 0 saturated carbocycles. The summed E-state index contributed by atoms with van der Waals surface area (Å²) >= 11 is 0. The molecular formula is C7H11NO3. The number of oxazole rings is 1. The van der Waals surface area contributed by atoms with Crippen LogP contribution < -0.4 is 5.76 Å². The van der Waals surface area contributed by atoms with E-state index in [9.17, 15) is 4.79 Å². The molecule has 0 spiro atoms. The van der Waals surface area contributed by atoms with Crippen LogP contribution in [0.2, 0.25) is 0 Å². The third kappa shape index (κ3) is 1.94. The van der Waals surface area contributed by atoms with E-state index in [1.165, 1.54) is 4.57 Å². The summed E-state index contributed by atoms with van der Waals surface area (Å²) in [7, 11) is 0. The van der Waals surface area contributed by atoms with Crippen molar-refractivity contribution in [3.8, 4) is 0 Å². The van der Waals surface area contributed by atoms with Crippen molar-refractivity contribution in [1.82, 2.24) is 4.57 Å². The van der Waals surface area contributed by atoms with E-state index in [4.69, 9.17) is 9.52 Å². The van der Waals surface area contributed by atoms with Gasteiger partial charge in [0, 0.05) is 6.20 Å². The highest BCUT2D eigenvalue weighted by atomic mass is 16.4. The minimum atomic E-state index is -0.523. The summed E-state index contributed by atoms with van der Waals surface area (Å²) in [6.45, 7) is 3.60. The fourth-order valence-electron chi connectivity index (χ4n) is 0.907. The van der Waals surface area contributed by atoms with Crippen molar-refractivity contribution in [3.05, 3.63) is 22.5 Å². The molecule has 0 bridgehead atoms. The van der Waals surface area contributed by atoms with Crippen molar-refractivity contribution >= 4 is 0 Å². The highest BCUT2D eigenvalue weighted by molar-refractivity contribution is 4.86. The fourth-order valence-corrected chi connectivity index (χ4v) is 0.907. The van der Waals surface area contributed by atoms with E-state index in [2.05, 4.69) is 0 Å². The highest BCUT2D eigenvalue weighted by Gasteiger charge is 2.03. The second kappa shape index (κ2) is 2.92. The van der Waals surface area contributed by atoms with Crippen molar-refractivity contribution in [2.75, 3.05) is 0 Å². The Bertz CT molecular complexity index is 284. The van der Waals surface area contributed by atoms with Crippen LogP contribution in [0.5, 0.6) is 0 Å². The second-order valence-electron chi connectivity index (χ2n) is 2.61. The molecule has 0 radical (unpaired) electrons. The zero-order valence-corrected chi connectivity index (χ0v) is 6.57. The lowest BCUT2D eigenvalue weighted by molar-refractivity contribution is 0.170. The van der Waals surface area contributed by atoms with Crippen LogP contribution in [0.4, 0.5) is 0 Å². The molecule has 1 heterocycles. The van der Waals surface area contributed by atoms with E-state index >= 15 is 0 Å². The normalized spacial score (nSPS) is 13.4. The first-order valence-electron chi connectivity index (χ1n) is 3.44. The monoisotopic (exact) mass is 157 g/mol. The van der Waals surface area contributed by atoms with Gasteiger partial charge < -0.3 is 9.52 Å². The first-order valence-corrected chi connectivity index (χ1v) is 3.44. The summed E-state index contributed by atoms with van der Waals surface area (Å²) in [5, 5.41) is 8.94. The average molecular weight is 157 g/mol. The molecule has 0 saturated heterocycles.